The van der Waals surface area contributed by atoms with Crippen molar-refractivity contribution in [3.8, 4) is 5.75 Å². The van der Waals surface area contributed by atoms with Crippen molar-refractivity contribution in [2.75, 3.05) is 19.8 Å². The number of benzene rings is 2. The van der Waals surface area contributed by atoms with Gasteiger partial charge >= 0.3 is 5.97 Å². The summed E-state index contributed by atoms with van der Waals surface area (Å²) < 4.78 is 10.6. The highest BCUT2D eigenvalue weighted by Gasteiger charge is 2.28. The first-order valence-corrected chi connectivity index (χ1v) is 7.45. The lowest BCUT2D eigenvalue weighted by atomic mass is 10.1. The molecule has 3 rings (SSSR count). The van der Waals surface area contributed by atoms with Crippen LogP contribution in [0.4, 0.5) is 0 Å². The van der Waals surface area contributed by atoms with Gasteiger partial charge in [0.2, 0.25) is 0 Å². The molecular formula is C18H17NO4. The highest BCUT2D eigenvalue weighted by Crippen LogP contribution is 2.21. The van der Waals surface area contributed by atoms with Gasteiger partial charge in [0.15, 0.2) is 0 Å². The van der Waals surface area contributed by atoms with Crippen LogP contribution >= 0.6 is 0 Å². The van der Waals surface area contributed by atoms with E-state index in [1.54, 1.807) is 6.07 Å². The summed E-state index contributed by atoms with van der Waals surface area (Å²) in [6.45, 7) is 0.843. The van der Waals surface area contributed by atoms with Gasteiger partial charge in [-0.3, -0.25) is 9.59 Å². The summed E-state index contributed by atoms with van der Waals surface area (Å²) in [7, 11) is 0. The van der Waals surface area contributed by atoms with Crippen LogP contribution in [0.2, 0.25) is 0 Å². The van der Waals surface area contributed by atoms with E-state index in [2.05, 4.69) is 0 Å². The minimum absolute atomic E-state index is 0.0428. The van der Waals surface area contributed by atoms with Crippen molar-refractivity contribution >= 4 is 11.9 Å². The SMILES string of the molecule is O=C(CN1Cc2ccccc2C1=O)OCCOc1ccccc1. The molecule has 5 heteroatoms. The predicted molar refractivity (Wildman–Crippen MR) is 84.1 cm³/mol. The van der Waals surface area contributed by atoms with Gasteiger partial charge in [-0.15, -0.1) is 0 Å². The van der Waals surface area contributed by atoms with Crippen LogP contribution in [0.5, 0.6) is 5.75 Å². The van der Waals surface area contributed by atoms with E-state index in [9.17, 15) is 9.59 Å². The Hall–Kier alpha value is -2.82. The van der Waals surface area contributed by atoms with Crippen LogP contribution in [-0.2, 0) is 16.1 Å². The quantitative estimate of drug-likeness (QED) is 0.606. The Balaban J connectivity index is 1.41. The molecule has 5 nitrogen and oxygen atoms in total. The Morgan fingerprint density at radius 2 is 1.74 bits per heavy atom. The number of nitrogens with zero attached hydrogens (tertiary/aromatic N) is 1. The molecule has 0 atom stereocenters. The second-order valence-corrected chi connectivity index (χ2v) is 5.20. The maximum absolute atomic E-state index is 12.1. The molecule has 1 aliphatic rings. The lowest BCUT2D eigenvalue weighted by molar-refractivity contribution is -0.145. The van der Waals surface area contributed by atoms with E-state index in [1.807, 2.05) is 48.5 Å². The summed E-state index contributed by atoms with van der Waals surface area (Å²) >= 11 is 0. The Morgan fingerprint density at radius 3 is 2.52 bits per heavy atom. The second kappa shape index (κ2) is 6.96. The van der Waals surface area contributed by atoms with Crippen LogP contribution < -0.4 is 4.74 Å². The number of esters is 1. The van der Waals surface area contributed by atoms with Crippen molar-refractivity contribution in [3.63, 3.8) is 0 Å². The van der Waals surface area contributed by atoms with Gasteiger partial charge in [0.05, 0.1) is 0 Å². The summed E-state index contributed by atoms with van der Waals surface area (Å²) in [5.41, 5.74) is 1.60. The summed E-state index contributed by atoms with van der Waals surface area (Å²) in [4.78, 5) is 25.5. The van der Waals surface area contributed by atoms with Crippen LogP contribution in [0.1, 0.15) is 15.9 Å². The van der Waals surface area contributed by atoms with Crippen LogP contribution in [0.15, 0.2) is 54.6 Å². The Kier molecular flexibility index (Phi) is 4.57. The molecule has 1 amide bonds. The fraction of sp³-hybridized carbons (Fsp3) is 0.222. The fourth-order valence-electron chi connectivity index (χ4n) is 2.48. The predicted octanol–water partition coefficient (Wildman–Crippen LogP) is 2.26. The minimum atomic E-state index is -0.428. The number of carbonyl (C=O) groups excluding carboxylic acids is 2. The number of para-hydroxylation sites is 1. The zero-order valence-electron chi connectivity index (χ0n) is 12.6. The van der Waals surface area contributed by atoms with Crippen LogP contribution in [0.3, 0.4) is 0 Å². The first-order chi connectivity index (χ1) is 11.2. The molecule has 0 aliphatic carbocycles. The average Bonchev–Trinajstić information content (AvgIpc) is 2.89. The molecule has 0 spiro atoms. The zero-order valence-corrected chi connectivity index (χ0v) is 12.6. The molecule has 0 saturated carbocycles. The number of hydrogen-bond acceptors (Lipinski definition) is 4. The van der Waals surface area contributed by atoms with Gasteiger partial charge in [-0.1, -0.05) is 36.4 Å². The number of hydrogen-bond donors (Lipinski definition) is 0. The summed E-state index contributed by atoms with van der Waals surface area (Å²) in [5, 5.41) is 0. The van der Waals surface area contributed by atoms with Crippen molar-refractivity contribution in [2.24, 2.45) is 0 Å². The van der Waals surface area contributed by atoms with E-state index in [-0.39, 0.29) is 25.7 Å². The molecule has 1 aliphatic heterocycles. The van der Waals surface area contributed by atoms with Crippen molar-refractivity contribution in [1.29, 1.82) is 0 Å². The lowest BCUT2D eigenvalue weighted by Crippen LogP contribution is -2.31. The molecule has 0 saturated heterocycles. The third kappa shape index (κ3) is 3.69. The fourth-order valence-corrected chi connectivity index (χ4v) is 2.48. The molecule has 23 heavy (non-hydrogen) atoms. The smallest absolute Gasteiger partial charge is 0.325 e. The normalized spacial score (nSPS) is 12.9. The topological polar surface area (TPSA) is 55.8 Å². The van der Waals surface area contributed by atoms with Crippen LogP contribution in [-0.4, -0.2) is 36.5 Å². The Bertz CT molecular complexity index is 699. The molecule has 0 N–H and O–H groups in total. The average molecular weight is 311 g/mol. The molecule has 0 fully saturated rings. The van der Waals surface area contributed by atoms with E-state index in [0.29, 0.717) is 12.1 Å². The first kappa shape index (κ1) is 15.1. The molecule has 2 aromatic carbocycles. The number of ether oxygens (including phenoxy) is 2. The number of rotatable bonds is 6. The van der Waals surface area contributed by atoms with Gasteiger partial charge in [-0.2, -0.15) is 0 Å². The first-order valence-electron chi connectivity index (χ1n) is 7.45. The van der Waals surface area contributed by atoms with E-state index in [1.165, 1.54) is 4.90 Å². The zero-order chi connectivity index (χ0) is 16.1. The molecule has 0 bridgehead atoms. The summed E-state index contributed by atoms with van der Waals surface area (Å²) in [5.74, 6) is 0.176. The van der Waals surface area contributed by atoms with Gasteiger partial charge in [-0.05, 0) is 23.8 Å². The minimum Gasteiger partial charge on any atom is -0.490 e. The van der Waals surface area contributed by atoms with Crippen molar-refractivity contribution in [3.05, 3.63) is 65.7 Å². The van der Waals surface area contributed by atoms with Gasteiger partial charge in [0.1, 0.15) is 25.5 Å². The second-order valence-electron chi connectivity index (χ2n) is 5.20. The standard InChI is InChI=1S/C18H17NO4/c20-17(23-11-10-22-15-7-2-1-3-8-15)13-19-12-14-6-4-5-9-16(14)18(19)21/h1-9H,10-13H2. The number of fused-ring (bicyclic) bond motifs is 1. The largest absolute Gasteiger partial charge is 0.490 e. The number of carbonyl (C=O) groups is 2. The van der Waals surface area contributed by atoms with Crippen LogP contribution in [0, 0.1) is 0 Å². The molecule has 2 aromatic rings. The lowest BCUT2D eigenvalue weighted by Gasteiger charge is -2.14. The third-order valence-corrected chi connectivity index (χ3v) is 3.57. The maximum atomic E-state index is 12.1. The van der Waals surface area contributed by atoms with E-state index >= 15 is 0 Å². The summed E-state index contributed by atoms with van der Waals surface area (Å²) in [6.07, 6.45) is 0. The monoisotopic (exact) mass is 311 g/mol. The van der Waals surface area contributed by atoms with Crippen molar-refractivity contribution in [2.45, 2.75) is 6.54 Å². The van der Waals surface area contributed by atoms with Crippen molar-refractivity contribution in [1.82, 2.24) is 4.90 Å². The Morgan fingerprint density at radius 1 is 1.00 bits per heavy atom. The van der Waals surface area contributed by atoms with Gasteiger partial charge in [0.25, 0.3) is 5.91 Å². The Labute approximate surface area is 134 Å². The van der Waals surface area contributed by atoms with E-state index in [0.717, 1.165) is 11.3 Å². The van der Waals surface area contributed by atoms with Gasteiger partial charge in [-0.25, -0.2) is 0 Å². The third-order valence-electron chi connectivity index (χ3n) is 3.57. The summed E-state index contributed by atoms with van der Waals surface area (Å²) in [6, 6.07) is 16.7. The molecular weight excluding hydrogens is 294 g/mol. The van der Waals surface area contributed by atoms with Crippen LogP contribution in [0.25, 0.3) is 0 Å². The molecule has 118 valence electrons. The molecule has 0 unspecified atom stereocenters. The highest BCUT2D eigenvalue weighted by molar-refractivity contribution is 5.99. The van der Waals surface area contributed by atoms with E-state index in [4.69, 9.17) is 9.47 Å². The van der Waals surface area contributed by atoms with Crippen molar-refractivity contribution < 1.29 is 19.1 Å². The maximum Gasteiger partial charge on any atom is 0.325 e. The van der Waals surface area contributed by atoms with Gasteiger partial charge < -0.3 is 14.4 Å². The molecule has 0 radical (unpaired) electrons. The molecule has 0 aromatic heterocycles. The van der Waals surface area contributed by atoms with Gasteiger partial charge in [0, 0.05) is 12.1 Å². The van der Waals surface area contributed by atoms with E-state index < -0.39 is 5.97 Å². The molecule has 1 heterocycles. The highest BCUT2D eigenvalue weighted by atomic mass is 16.6. The number of amides is 1.